The standard InChI is InChI=1S/C27H33N3O9/c31-23(15-14-22(25(34)35)30-27(37)39-18-20-11-5-2-6-12-20)28-16-8-7-13-21(24(32)33)29-26(36)38-17-19-9-3-1-4-10-19/h1-6,9-12,21-22H,7-8,13-18H2,(H,28,31)(H,29,36)(H,30,37)(H,32,33)(H,34,35)/t21-,22-/m0/s1. The zero-order valence-corrected chi connectivity index (χ0v) is 21.3. The van der Waals surface area contributed by atoms with Crippen LogP contribution in [0.15, 0.2) is 60.7 Å². The maximum Gasteiger partial charge on any atom is 0.408 e. The summed E-state index contributed by atoms with van der Waals surface area (Å²) in [7, 11) is 0. The average Bonchev–Trinajstić information content (AvgIpc) is 2.93. The summed E-state index contributed by atoms with van der Waals surface area (Å²) in [6, 6.07) is 15.4. The normalized spacial score (nSPS) is 11.9. The van der Waals surface area contributed by atoms with Crippen LogP contribution in [0.2, 0.25) is 0 Å². The third kappa shape index (κ3) is 13.0. The molecule has 0 spiro atoms. The van der Waals surface area contributed by atoms with Gasteiger partial charge in [0.25, 0.3) is 0 Å². The van der Waals surface area contributed by atoms with Gasteiger partial charge in [-0.1, -0.05) is 60.7 Å². The van der Waals surface area contributed by atoms with Crippen LogP contribution >= 0.6 is 0 Å². The van der Waals surface area contributed by atoms with E-state index in [1.165, 1.54) is 0 Å². The molecule has 39 heavy (non-hydrogen) atoms. The molecular weight excluding hydrogens is 510 g/mol. The number of rotatable bonds is 16. The van der Waals surface area contributed by atoms with Crippen LogP contribution in [-0.2, 0) is 37.1 Å². The summed E-state index contributed by atoms with van der Waals surface area (Å²) in [4.78, 5) is 58.8. The molecule has 0 radical (unpaired) electrons. The van der Waals surface area contributed by atoms with Crippen LogP contribution in [0.5, 0.6) is 0 Å². The third-order valence-corrected chi connectivity index (χ3v) is 5.51. The Bertz CT molecular complexity index is 1080. The van der Waals surface area contributed by atoms with Crippen LogP contribution in [-0.4, -0.2) is 58.9 Å². The Morgan fingerprint density at radius 1 is 0.667 bits per heavy atom. The van der Waals surface area contributed by atoms with Crippen LogP contribution < -0.4 is 16.0 Å². The van der Waals surface area contributed by atoms with Crippen LogP contribution in [0.3, 0.4) is 0 Å². The Morgan fingerprint density at radius 3 is 1.59 bits per heavy atom. The molecule has 0 fully saturated rings. The molecule has 0 unspecified atom stereocenters. The number of aliphatic carboxylic acids is 2. The predicted molar refractivity (Wildman–Crippen MR) is 138 cm³/mol. The molecule has 2 aromatic carbocycles. The quantitative estimate of drug-likeness (QED) is 0.199. The molecule has 0 heterocycles. The Balaban J connectivity index is 1.61. The molecule has 3 amide bonds. The Kier molecular flexibility index (Phi) is 13.3. The van der Waals surface area contributed by atoms with Crippen LogP contribution in [0.1, 0.15) is 43.2 Å². The topological polar surface area (TPSA) is 180 Å². The second kappa shape index (κ2) is 17.0. The van der Waals surface area contributed by atoms with Gasteiger partial charge in [-0.05, 0) is 36.8 Å². The van der Waals surface area contributed by atoms with Crippen molar-refractivity contribution in [2.45, 2.75) is 57.4 Å². The van der Waals surface area contributed by atoms with Crippen LogP contribution in [0, 0.1) is 0 Å². The minimum absolute atomic E-state index is 0.0121. The van der Waals surface area contributed by atoms with Gasteiger partial charge in [0.15, 0.2) is 0 Å². The minimum Gasteiger partial charge on any atom is -0.480 e. The van der Waals surface area contributed by atoms with Gasteiger partial charge < -0.3 is 35.6 Å². The van der Waals surface area contributed by atoms with E-state index in [0.29, 0.717) is 12.8 Å². The lowest BCUT2D eigenvalue weighted by atomic mass is 10.1. The molecule has 2 aromatic rings. The van der Waals surface area contributed by atoms with Crippen molar-refractivity contribution >= 4 is 30.0 Å². The van der Waals surface area contributed by atoms with Crippen molar-refractivity contribution in [2.75, 3.05) is 6.54 Å². The lowest BCUT2D eigenvalue weighted by Crippen LogP contribution is -2.42. The first-order chi connectivity index (χ1) is 18.7. The summed E-state index contributed by atoms with van der Waals surface area (Å²) in [6.07, 6.45) is -1.09. The van der Waals surface area contributed by atoms with E-state index >= 15 is 0 Å². The van der Waals surface area contributed by atoms with Gasteiger partial charge in [0.1, 0.15) is 25.3 Å². The highest BCUT2D eigenvalue weighted by molar-refractivity contribution is 5.82. The molecule has 5 N–H and O–H groups in total. The Labute approximate surface area is 225 Å². The van der Waals surface area contributed by atoms with Gasteiger partial charge in [0.05, 0.1) is 0 Å². The maximum absolute atomic E-state index is 12.1. The molecule has 2 rings (SSSR count). The number of amides is 3. The summed E-state index contributed by atoms with van der Waals surface area (Å²) >= 11 is 0. The number of nitrogens with one attached hydrogen (secondary N) is 3. The van der Waals surface area contributed by atoms with Gasteiger partial charge in [-0.2, -0.15) is 0 Å². The molecular formula is C27H33N3O9. The van der Waals surface area contributed by atoms with Gasteiger partial charge in [-0.3, -0.25) is 4.79 Å². The number of unbranched alkanes of at least 4 members (excludes halogenated alkanes) is 1. The number of hydrogen-bond donors (Lipinski definition) is 5. The van der Waals surface area contributed by atoms with E-state index in [2.05, 4.69) is 16.0 Å². The van der Waals surface area contributed by atoms with Crippen molar-refractivity contribution in [3.8, 4) is 0 Å². The van der Waals surface area contributed by atoms with E-state index in [4.69, 9.17) is 9.47 Å². The number of carbonyl (C=O) groups excluding carboxylic acids is 3. The fourth-order valence-electron chi connectivity index (χ4n) is 3.39. The number of ether oxygens (including phenoxy) is 2. The number of carbonyl (C=O) groups is 5. The van der Waals surface area contributed by atoms with Crippen molar-refractivity contribution in [3.63, 3.8) is 0 Å². The van der Waals surface area contributed by atoms with Gasteiger partial charge in [0, 0.05) is 13.0 Å². The second-order valence-corrected chi connectivity index (χ2v) is 8.58. The van der Waals surface area contributed by atoms with Crippen LogP contribution in [0.4, 0.5) is 9.59 Å². The van der Waals surface area contributed by atoms with Gasteiger partial charge >= 0.3 is 24.1 Å². The van der Waals surface area contributed by atoms with E-state index < -0.39 is 42.1 Å². The number of benzene rings is 2. The van der Waals surface area contributed by atoms with E-state index in [1.54, 1.807) is 48.5 Å². The van der Waals surface area contributed by atoms with Crippen molar-refractivity contribution in [1.29, 1.82) is 0 Å². The highest BCUT2D eigenvalue weighted by Crippen LogP contribution is 2.06. The number of alkyl carbamates (subject to hydrolysis) is 2. The Morgan fingerprint density at radius 2 is 1.13 bits per heavy atom. The fourth-order valence-corrected chi connectivity index (χ4v) is 3.39. The molecule has 0 aliphatic carbocycles. The maximum atomic E-state index is 12.1. The molecule has 0 aliphatic rings. The number of hydrogen-bond acceptors (Lipinski definition) is 7. The molecule has 0 bridgehead atoms. The first-order valence-electron chi connectivity index (χ1n) is 12.4. The highest BCUT2D eigenvalue weighted by Gasteiger charge is 2.22. The van der Waals surface area contributed by atoms with Gasteiger partial charge in [-0.15, -0.1) is 0 Å². The second-order valence-electron chi connectivity index (χ2n) is 8.58. The average molecular weight is 544 g/mol. The summed E-state index contributed by atoms with van der Waals surface area (Å²) in [5, 5.41) is 25.8. The first-order valence-corrected chi connectivity index (χ1v) is 12.4. The monoisotopic (exact) mass is 543 g/mol. The lowest BCUT2D eigenvalue weighted by Gasteiger charge is -2.15. The number of carboxylic acid groups (broad SMARTS) is 2. The summed E-state index contributed by atoms with van der Waals surface area (Å²) in [5.74, 6) is -2.92. The minimum atomic E-state index is -1.30. The largest absolute Gasteiger partial charge is 0.480 e. The fraction of sp³-hybridized carbons (Fsp3) is 0.370. The SMILES string of the molecule is O=C(CC[C@H](NC(=O)OCc1ccccc1)C(=O)O)NCCCC[C@H](NC(=O)OCc1ccccc1)C(=O)O. The summed E-state index contributed by atoms with van der Waals surface area (Å²) in [5.41, 5.74) is 1.51. The molecule has 0 aromatic heterocycles. The number of carboxylic acids is 2. The van der Waals surface area contributed by atoms with Crippen LogP contribution in [0.25, 0.3) is 0 Å². The molecule has 210 valence electrons. The predicted octanol–water partition coefficient (Wildman–Crippen LogP) is 2.81. The summed E-state index contributed by atoms with van der Waals surface area (Å²) in [6.45, 7) is 0.221. The smallest absolute Gasteiger partial charge is 0.408 e. The van der Waals surface area contributed by atoms with E-state index in [-0.39, 0.29) is 39.0 Å². The zero-order valence-electron chi connectivity index (χ0n) is 21.3. The van der Waals surface area contributed by atoms with E-state index in [1.807, 2.05) is 12.1 Å². The van der Waals surface area contributed by atoms with E-state index in [0.717, 1.165) is 11.1 Å². The molecule has 12 heteroatoms. The van der Waals surface area contributed by atoms with Crippen molar-refractivity contribution in [1.82, 2.24) is 16.0 Å². The van der Waals surface area contributed by atoms with Gasteiger partial charge in [-0.25, -0.2) is 19.2 Å². The van der Waals surface area contributed by atoms with Crippen molar-refractivity contribution < 1.29 is 43.7 Å². The molecule has 0 saturated carbocycles. The Hall–Kier alpha value is -4.61. The molecule has 0 aliphatic heterocycles. The van der Waals surface area contributed by atoms with E-state index in [9.17, 15) is 34.2 Å². The summed E-state index contributed by atoms with van der Waals surface area (Å²) < 4.78 is 10.1. The zero-order chi connectivity index (χ0) is 28.5. The first kappa shape index (κ1) is 30.6. The molecule has 12 nitrogen and oxygen atoms in total. The molecule has 2 atom stereocenters. The molecule has 0 saturated heterocycles. The highest BCUT2D eigenvalue weighted by atomic mass is 16.6. The third-order valence-electron chi connectivity index (χ3n) is 5.51. The van der Waals surface area contributed by atoms with Crippen molar-refractivity contribution in [2.24, 2.45) is 0 Å². The lowest BCUT2D eigenvalue weighted by molar-refractivity contribution is -0.140. The van der Waals surface area contributed by atoms with Crippen molar-refractivity contribution in [3.05, 3.63) is 71.8 Å². The van der Waals surface area contributed by atoms with Gasteiger partial charge in [0.2, 0.25) is 5.91 Å².